The lowest BCUT2D eigenvalue weighted by atomic mass is 9.88. The molecule has 2 aromatic carbocycles. The van der Waals surface area contributed by atoms with E-state index in [1.54, 1.807) is 10.6 Å². The number of aromatic nitrogens is 2. The number of methoxy groups -OCH3 is 1. The number of nitrogens with zero attached hydrogens (tertiary/aromatic N) is 4. The highest BCUT2D eigenvalue weighted by Gasteiger charge is 2.42. The largest absolute Gasteiger partial charge is 0.453 e. The smallest absolute Gasteiger partial charge is 0.301 e. The highest BCUT2D eigenvalue weighted by molar-refractivity contribution is 7.90. The Kier molecular flexibility index (Phi) is 7.16. The van der Waals surface area contributed by atoms with Crippen LogP contribution >= 0.6 is 0 Å². The van der Waals surface area contributed by atoms with Gasteiger partial charge >= 0.3 is 10.2 Å². The molecule has 41 heavy (non-hydrogen) atoms. The van der Waals surface area contributed by atoms with Crippen molar-refractivity contribution in [1.29, 1.82) is 5.26 Å². The van der Waals surface area contributed by atoms with Crippen LogP contribution in [0.15, 0.2) is 41.5 Å². The highest BCUT2D eigenvalue weighted by Crippen LogP contribution is 2.39. The van der Waals surface area contributed by atoms with Crippen molar-refractivity contribution in [1.82, 2.24) is 19.2 Å². The number of nitrogens with one attached hydrogen (secondary N) is 2. The summed E-state index contributed by atoms with van der Waals surface area (Å²) >= 11 is 0. The molecule has 0 unspecified atom stereocenters. The SMILES string of the molecule is COC1CN(S(=O)(=O)Nc2ccc(F)c(Oc3ccc4ncn([C@H]5COC6(CCNCC6)C5)c(=O)c4c3)c2C#N)C1. The third kappa shape index (κ3) is 5.15. The summed E-state index contributed by atoms with van der Waals surface area (Å²) in [6, 6.07) is 8.36. The summed E-state index contributed by atoms with van der Waals surface area (Å²) in [5, 5.41) is 13.4. The summed E-state index contributed by atoms with van der Waals surface area (Å²) in [5.41, 5.74) is -0.570. The van der Waals surface area contributed by atoms with Gasteiger partial charge in [-0.3, -0.25) is 14.1 Å². The molecule has 3 fully saturated rings. The summed E-state index contributed by atoms with van der Waals surface area (Å²) in [4.78, 5) is 18.0. The van der Waals surface area contributed by atoms with Gasteiger partial charge in [0.15, 0.2) is 11.6 Å². The molecule has 3 aliphatic heterocycles. The first-order valence-corrected chi connectivity index (χ1v) is 14.7. The zero-order valence-electron chi connectivity index (χ0n) is 22.3. The van der Waals surface area contributed by atoms with E-state index >= 15 is 0 Å². The van der Waals surface area contributed by atoms with Gasteiger partial charge in [-0.05, 0) is 62.7 Å². The summed E-state index contributed by atoms with van der Waals surface area (Å²) in [7, 11) is -2.51. The van der Waals surface area contributed by atoms with Crippen LogP contribution in [-0.4, -0.2) is 73.9 Å². The Bertz CT molecular complexity index is 1690. The Labute approximate surface area is 235 Å². The maximum Gasteiger partial charge on any atom is 0.301 e. The molecule has 0 radical (unpaired) electrons. The van der Waals surface area contributed by atoms with Crippen molar-refractivity contribution in [2.45, 2.75) is 37.0 Å². The van der Waals surface area contributed by atoms with Crippen LogP contribution in [0.4, 0.5) is 10.1 Å². The van der Waals surface area contributed by atoms with Gasteiger partial charge in [-0.2, -0.15) is 18.0 Å². The molecular formula is C27H29FN6O6S. The second-order valence-corrected chi connectivity index (χ2v) is 12.2. The zero-order valence-corrected chi connectivity index (χ0v) is 23.1. The van der Waals surface area contributed by atoms with Gasteiger partial charge in [0.05, 0.1) is 47.3 Å². The number of benzene rings is 2. The van der Waals surface area contributed by atoms with Gasteiger partial charge in [0, 0.05) is 20.2 Å². The Morgan fingerprint density at radius 3 is 2.76 bits per heavy atom. The van der Waals surface area contributed by atoms with Gasteiger partial charge in [-0.15, -0.1) is 0 Å². The van der Waals surface area contributed by atoms with E-state index in [0.717, 1.165) is 42.4 Å². The van der Waals surface area contributed by atoms with Crippen LogP contribution in [0.1, 0.15) is 30.9 Å². The lowest BCUT2D eigenvalue weighted by molar-refractivity contribution is -0.0196. The van der Waals surface area contributed by atoms with Crippen LogP contribution in [-0.2, 0) is 19.7 Å². The van der Waals surface area contributed by atoms with Gasteiger partial charge in [0.1, 0.15) is 17.4 Å². The van der Waals surface area contributed by atoms with Gasteiger partial charge < -0.3 is 19.5 Å². The molecule has 3 aromatic rings. The molecule has 1 spiro atoms. The molecular weight excluding hydrogens is 555 g/mol. The van der Waals surface area contributed by atoms with Crippen molar-refractivity contribution in [3.8, 4) is 17.6 Å². The molecule has 12 nitrogen and oxygen atoms in total. The molecule has 6 rings (SSSR count). The van der Waals surface area contributed by atoms with E-state index in [1.807, 2.05) is 6.07 Å². The Balaban J connectivity index is 1.28. The number of halogens is 1. The van der Waals surface area contributed by atoms with Crippen LogP contribution in [0.5, 0.6) is 11.5 Å². The number of anilines is 1. The quantitative estimate of drug-likeness (QED) is 0.427. The van der Waals surface area contributed by atoms with Crippen molar-refractivity contribution in [3.63, 3.8) is 0 Å². The van der Waals surface area contributed by atoms with Crippen molar-refractivity contribution in [2.75, 3.05) is 44.6 Å². The normalized spacial score (nSPS) is 21.0. The highest BCUT2D eigenvalue weighted by atomic mass is 32.2. The third-order valence-corrected chi connectivity index (χ3v) is 9.48. The molecule has 1 atom stereocenters. The van der Waals surface area contributed by atoms with Crippen LogP contribution in [0.3, 0.4) is 0 Å². The minimum absolute atomic E-state index is 0.0905. The van der Waals surface area contributed by atoms with Gasteiger partial charge in [0.25, 0.3) is 5.56 Å². The molecule has 1 aromatic heterocycles. The first-order valence-electron chi connectivity index (χ1n) is 13.3. The molecule has 0 amide bonds. The van der Waals surface area contributed by atoms with Gasteiger partial charge in [-0.25, -0.2) is 9.37 Å². The zero-order chi connectivity index (χ0) is 28.8. The van der Waals surface area contributed by atoms with Crippen LogP contribution in [0, 0.1) is 17.1 Å². The van der Waals surface area contributed by atoms with Crippen LogP contribution in [0.2, 0.25) is 0 Å². The Morgan fingerprint density at radius 2 is 2.02 bits per heavy atom. The number of hydrogen-bond donors (Lipinski definition) is 2. The van der Waals surface area contributed by atoms with Crippen molar-refractivity contribution < 1.29 is 27.0 Å². The summed E-state index contributed by atoms with van der Waals surface area (Å²) in [5.74, 6) is -1.24. The summed E-state index contributed by atoms with van der Waals surface area (Å²) in [6.07, 6.45) is 3.78. The molecule has 0 bridgehead atoms. The Hall–Kier alpha value is -3.61. The molecule has 4 heterocycles. The first kappa shape index (κ1) is 27.6. The average molecular weight is 585 g/mol. The van der Waals surface area contributed by atoms with Crippen LogP contribution < -0.4 is 20.3 Å². The van der Waals surface area contributed by atoms with E-state index in [1.165, 1.54) is 25.6 Å². The van der Waals surface area contributed by atoms with Crippen molar-refractivity contribution >= 4 is 26.8 Å². The predicted octanol–water partition coefficient (Wildman–Crippen LogP) is 2.27. The summed E-state index contributed by atoms with van der Waals surface area (Å²) < 4.78 is 62.5. The Morgan fingerprint density at radius 1 is 1.24 bits per heavy atom. The van der Waals surface area contributed by atoms with Crippen LogP contribution in [0.25, 0.3) is 10.9 Å². The number of ether oxygens (including phenoxy) is 3. The lowest BCUT2D eigenvalue weighted by Crippen LogP contribution is -2.55. The van der Waals surface area contributed by atoms with Gasteiger partial charge in [0.2, 0.25) is 0 Å². The molecule has 216 valence electrons. The number of hydrogen-bond acceptors (Lipinski definition) is 9. The second kappa shape index (κ2) is 10.7. The standard InChI is InChI=1S/C27H29FN6O6S/c1-38-19-13-33(14-19)41(36,37)32-24-5-3-22(28)25(21(24)12-29)40-18-2-4-23-20(10-18)26(35)34(16-31-23)17-11-27(39-15-17)6-8-30-9-7-27/h2-5,10,16-17,19,30,32H,6-9,11,13-15H2,1H3/t17-/m1/s1. The predicted molar refractivity (Wildman–Crippen MR) is 147 cm³/mol. The third-order valence-electron chi connectivity index (χ3n) is 8.02. The van der Waals surface area contributed by atoms with E-state index in [-0.39, 0.29) is 58.8 Å². The lowest BCUT2D eigenvalue weighted by Gasteiger charge is -2.36. The number of nitriles is 1. The molecule has 0 saturated carbocycles. The summed E-state index contributed by atoms with van der Waals surface area (Å²) in [6.45, 7) is 2.47. The maximum absolute atomic E-state index is 14.9. The van der Waals surface area contributed by atoms with E-state index in [2.05, 4.69) is 15.0 Å². The topological polar surface area (TPSA) is 148 Å². The fraction of sp³-hybridized carbons (Fsp3) is 0.444. The van der Waals surface area contributed by atoms with E-state index in [4.69, 9.17) is 14.2 Å². The average Bonchev–Trinajstić information content (AvgIpc) is 3.33. The molecule has 2 N–H and O–H groups in total. The van der Waals surface area contributed by atoms with Crippen molar-refractivity contribution in [3.05, 3.63) is 58.4 Å². The number of fused-ring (bicyclic) bond motifs is 1. The molecule has 3 aliphatic rings. The minimum Gasteiger partial charge on any atom is -0.453 e. The minimum atomic E-state index is -4.00. The van der Waals surface area contributed by atoms with E-state index in [9.17, 15) is 22.9 Å². The fourth-order valence-electron chi connectivity index (χ4n) is 5.59. The van der Waals surface area contributed by atoms with Crippen molar-refractivity contribution in [2.24, 2.45) is 0 Å². The monoisotopic (exact) mass is 584 g/mol. The number of rotatable bonds is 7. The first-order chi connectivity index (χ1) is 19.7. The van der Waals surface area contributed by atoms with E-state index in [0.29, 0.717) is 18.5 Å². The molecule has 14 heteroatoms. The van der Waals surface area contributed by atoms with E-state index < -0.39 is 21.8 Å². The maximum atomic E-state index is 14.9. The second-order valence-electron chi connectivity index (χ2n) is 10.5. The number of piperidine rings is 1. The molecule has 3 saturated heterocycles. The molecule has 0 aliphatic carbocycles. The fourth-order valence-corrected chi connectivity index (χ4v) is 6.89. The van der Waals surface area contributed by atoms with Gasteiger partial charge in [-0.1, -0.05) is 0 Å².